The quantitative estimate of drug-likeness (QED) is 0.865. The molecule has 1 atom stereocenters. The van der Waals surface area contributed by atoms with Crippen LogP contribution in [0.1, 0.15) is 11.6 Å². The second kappa shape index (κ2) is 6.68. The molecule has 1 N–H and O–H groups in total. The van der Waals surface area contributed by atoms with Crippen molar-refractivity contribution in [1.82, 2.24) is 4.90 Å². The molecule has 0 amide bonds. The Bertz CT molecular complexity index is 428. The molecule has 0 aliphatic carbocycles. The first-order chi connectivity index (χ1) is 8.47. The summed E-state index contributed by atoms with van der Waals surface area (Å²) >= 11 is 5.57. The Labute approximate surface area is 110 Å². The van der Waals surface area contributed by atoms with Gasteiger partial charge in [0.25, 0.3) is 0 Å². The van der Waals surface area contributed by atoms with Gasteiger partial charge >= 0.3 is 5.97 Å². The highest BCUT2D eigenvalue weighted by Gasteiger charge is 2.25. The number of rotatable bonds is 6. The molecular weight excluding hydrogens is 261 g/mol. The lowest BCUT2D eigenvalue weighted by Crippen LogP contribution is -2.33. The fourth-order valence-corrected chi connectivity index (χ4v) is 1.75. The molecule has 0 aromatic heterocycles. The number of ether oxygens (including phenoxy) is 1. The predicted molar refractivity (Wildman–Crippen MR) is 66.3 cm³/mol. The standard InChI is InChI=1S/C12H15ClFNO3/c1-15(5-6-18-2)11(12(16)17)8-3-4-9(13)10(14)7-8/h3-4,7,11H,5-6H2,1-2H3,(H,16,17)/t11-/m0/s1. The summed E-state index contributed by atoms with van der Waals surface area (Å²) < 4.78 is 18.2. The van der Waals surface area contributed by atoms with E-state index in [1.807, 2.05) is 0 Å². The number of hydrogen-bond acceptors (Lipinski definition) is 3. The van der Waals surface area contributed by atoms with Crippen LogP contribution in [0.25, 0.3) is 0 Å². The summed E-state index contributed by atoms with van der Waals surface area (Å²) in [5, 5.41) is 9.19. The zero-order valence-electron chi connectivity index (χ0n) is 10.2. The summed E-state index contributed by atoms with van der Waals surface area (Å²) in [5.41, 5.74) is 0.350. The molecule has 0 radical (unpaired) electrons. The Morgan fingerprint density at radius 2 is 2.28 bits per heavy atom. The number of benzene rings is 1. The maximum Gasteiger partial charge on any atom is 0.325 e. The molecule has 1 aromatic rings. The molecule has 0 bridgehead atoms. The number of nitrogens with zero attached hydrogens (tertiary/aromatic N) is 1. The van der Waals surface area contributed by atoms with Crippen molar-refractivity contribution in [3.8, 4) is 0 Å². The van der Waals surface area contributed by atoms with Gasteiger partial charge in [0, 0.05) is 13.7 Å². The minimum atomic E-state index is -1.05. The Balaban J connectivity index is 2.97. The number of halogens is 2. The average molecular weight is 276 g/mol. The molecule has 100 valence electrons. The van der Waals surface area contributed by atoms with Crippen LogP contribution < -0.4 is 0 Å². The third-order valence-electron chi connectivity index (χ3n) is 2.58. The highest BCUT2D eigenvalue weighted by Crippen LogP contribution is 2.24. The summed E-state index contributed by atoms with van der Waals surface area (Å²) in [7, 11) is 3.18. The zero-order valence-corrected chi connectivity index (χ0v) is 10.9. The van der Waals surface area contributed by atoms with E-state index in [1.165, 1.54) is 19.2 Å². The van der Waals surface area contributed by atoms with Gasteiger partial charge in [0.15, 0.2) is 0 Å². The molecule has 0 spiro atoms. The van der Waals surface area contributed by atoms with Gasteiger partial charge in [-0.2, -0.15) is 0 Å². The van der Waals surface area contributed by atoms with Crippen molar-refractivity contribution >= 4 is 17.6 Å². The molecule has 6 heteroatoms. The largest absolute Gasteiger partial charge is 0.480 e. The summed E-state index contributed by atoms with van der Waals surface area (Å²) in [6, 6.07) is 3.08. The first kappa shape index (κ1) is 14.9. The van der Waals surface area contributed by atoms with Gasteiger partial charge in [-0.15, -0.1) is 0 Å². The van der Waals surface area contributed by atoms with E-state index in [2.05, 4.69) is 0 Å². The minimum absolute atomic E-state index is 0.0255. The first-order valence-corrected chi connectivity index (χ1v) is 5.72. The van der Waals surface area contributed by atoms with Crippen LogP contribution in [-0.2, 0) is 9.53 Å². The number of likely N-dealkylation sites (N-methyl/N-ethyl adjacent to an activating group) is 1. The van der Waals surface area contributed by atoms with E-state index in [1.54, 1.807) is 11.9 Å². The molecule has 0 fully saturated rings. The van der Waals surface area contributed by atoms with Gasteiger partial charge in [0.05, 0.1) is 11.6 Å². The highest BCUT2D eigenvalue weighted by molar-refractivity contribution is 6.30. The fourth-order valence-electron chi connectivity index (χ4n) is 1.63. The van der Waals surface area contributed by atoms with Crippen molar-refractivity contribution in [3.05, 3.63) is 34.6 Å². The molecule has 0 heterocycles. The van der Waals surface area contributed by atoms with Crippen LogP contribution >= 0.6 is 11.6 Å². The van der Waals surface area contributed by atoms with Gasteiger partial charge in [0.1, 0.15) is 11.9 Å². The lowest BCUT2D eigenvalue weighted by atomic mass is 10.1. The lowest BCUT2D eigenvalue weighted by Gasteiger charge is -2.24. The third-order valence-corrected chi connectivity index (χ3v) is 2.89. The average Bonchev–Trinajstić information content (AvgIpc) is 2.31. The van der Waals surface area contributed by atoms with Crippen LogP contribution in [-0.4, -0.2) is 43.3 Å². The van der Waals surface area contributed by atoms with Crippen LogP contribution in [0, 0.1) is 5.82 Å². The number of carboxylic acid groups (broad SMARTS) is 1. The van der Waals surface area contributed by atoms with Crippen molar-refractivity contribution in [2.75, 3.05) is 27.3 Å². The number of aliphatic carboxylic acids is 1. The molecule has 0 aliphatic rings. The van der Waals surface area contributed by atoms with Gasteiger partial charge in [-0.3, -0.25) is 9.69 Å². The molecule has 1 aromatic carbocycles. The molecule has 18 heavy (non-hydrogen) atoms. The Morgan fingerprint density at radius 1 is 1.61 bits per heavy atom. The summed E-state index contributed by atoms with van der Waals surface area (Å²) in [4.78, 5) is 12.8. The van der Waals surface area contributed by atoms with Gasteiger partial charge in [-0.25, -0.2) is 4.39 Å². The molecule has 4 nitrogen and oxygen atoms in total. The molecule has 0 aliphatic heterocycles. The van der Waals surface area contributed by atoms with E-state index < -0.39 is 17.8 Å². The highest BCUT2D eigenvalue weighted by atomic mass is 35.5. The molecule has 0 saturated carbocycles. The van der Waals surface area contributed by atoms with Gasteiger partial charge in [0.2, 0.25) is 0 Å². The van der Waals surface area contributed by atoms with Crippen LogP contribution in [0.2, 0.25) is 5.02 Å². The van der Waals surface area contributed by atoms with E-state index in [9.17, 15) is 14.3 Å². The van der Waals surface area contributed by atoms with Crippen LogP contribution in [0.5, 0.6) is 0 Å². The van der Waals surface area contributed by atoms with Crippen molar-refractivity contribution in [2.45, 2.75) is 6.04 Å². The number of methoxy groups -OCH3 is 1. The van der Waals surface area contributed by atoms with Crippen LogP contribution in [0.3, 0.4) is 0 Å². The van der Waals surface area contributed by atoms with E-state index in [-0.39, 0.29) is 5.02 Å². The zero-order chi connectivity index (χ0) is 13.7. The van der Waals surface area contributed by atoms with Crippen LogP contribution in [0.4, 0.5) is 4.39 Å². The smallest absolute Gasteiger partial charge is 0.325 e. The maximum atomic E-state index is 13.4. The minimum Gasteiger partial charge on any atom is -0.480 e. The van der Waals surface area contributed by atoms with E-state index in [0.717, 1.165) is 6.07 Å². The van der Waals surface area contributed by atoms with Crippen molar-refractivity contribution in [3.63, 3.8) is 0 Å². The van der Waals surface area contributed by atoms with Crippen molar-refractivity contribution in [2.24, 2.45) is 0 Å². The number of carboxylic acids is 1. The van der Waals surface area contributed by atoms with Gasteiger partial charge < -0.3 is 9.84 Å². The van der Waals surface area contributed by atoms with E-state index in [4.69, 9.17) is 16.3 Å². The second-order valence-electron chi connectivity index (χ2n) is 3.89. The maximum absolute atomic E-state index is 13.4. The number of hydrogen-bond donors (Lipinski definition) is 1. The monoisotopic (exact) mass is 275 g/mol. The van der Waals surface area contributed by atoms with E-state index in [0.29, 0.717) is 18.7 Å². The molecule has 1 rings (SSSR count). The Hall–Kier alpha value is -1.17. The van der Waals surface area contributed by atoms with Gasteiger partial charge in [-0.1, -0.05) is 17.7 Å². The Kier molecular flexibility index (Phi) is 5.53. The second-order valence-corrected chi connectivity index (χ2v) is 4.29. The summed E-state index contributed by atoms with van der Waals surface area (Å²) in [6.07, 6.45) is 0. The van der Waals surface area contributed by atoms with Crippen molar-refractivity contribution < 1.29 is 19.0 Å². The van der Waals surface area contributed by atoms with Crippen LogP contribution in [0.15, 0.2) is 18.2 Å². The third kappa shape index (κ3) is 3.66. The predicted octanol–water partition coefficient (Wildman–Crippen LogP) is 2.18. The van der Waals surface area contributed by atoms with Crippen molar-refractivity contribution in [1.29, 1.82) is 0 Å². The SMILES string of the molecule is COCCN(C)[C@H](C(=O)O)c1ccc(Cl)c(F)c1. The van der Waals surface area contributed by atoms with E-state index >= 15 is 0 Å². The normalized spacial score (nSPS) is 12.7. The lowest BCUT2D eigenvalue weighted by molar-refractivity contribution is -0.143. The summed E-state index contributed by atoms with van der Waals surface area (Å²) in [5.74, 6) is -1.67. The molecular formula is C12H15ClFNO3. The summed E-state index contributed by atoms with van der Waals surface area (Å²) in [6.45, 7) is 0.827. The number of carbonyl (C=O) groups is 1. The topological polar surface area (TPSA) is 49.8 Å². The Morgan fingerprint density at radius 3 is 2.78 bits per heavy atom. The molecule has 0 unspecified atom stereocenters. The molecule has 0 saturated heterocycles. The van der Waals surface area contributed by atoms with Gasteiger partial charge in [-0.05, 0) is 24.7 Å². The first-order valence-electron chi connectivity index (χ1n) is 5.34. The fraction of sp³-hybridized carbons (Fsp3) is 0.417.